The smallest absolute Gasteiger partial charge is 0.261 e. The Bertz CT molecular complexity index is 1370. The molecule has 0 spiro atoms. The number of amides is 1. The highest BCUT2D eigenvalue weighted by Crippen LogP contribution is 2.27. The van der Waals surface area contributed by atoms with E-state index in [-0.39, 0.29) is 11.4 Å². The van der Waals surface area contributed by atoms with Crippen LogP contribution in [0.15, 0.2) is 36.5 Å². The summed E-state index contributed by atoms with van der Waals surface area (Å²) in [5.41, 5.74) is 1.58. The summed E-state index contributed by atoms with van der Waals surface area (Å²) in [5, 5.41) is 3.17. The van der Waals surface area contributed by atoms with Gasteiger partial charge in [-0.1, -0.05) is 6.08 Å². The third-order valence-corrected chi connectivity index (χ3v) is 6.74. The number of sulfonamides is 1. The maximum atomic E-state index is 14.8. The number of hydrogen-bond acceptors (Lipinski definition) is 5. The van der Waals surface area contributed by atoms with E-state index < -0.39 is 38.8 Å². The van der Waals surface area contributed by atoms with Gasteiger partial charge in [-0.2, -0.15) is 0 Å². The van der Waals surface area contributed by atoms with Gasteiger partial charge in [-0.15, -0.1) is 0 Å². The number of anilines is 2. The van der Waals surface area contributed by atoms with Gasteiger partial charge in [0.15, 0.2) is 5.82 Å². The number of nitrogens with one attached hydrogen (secondary N) is 3. The van der Waals surface area contributed by atoms with Gasteiger partial charge in [-0.25, -0.2) is 22.2 Å². The van der Waals surface area contributed by atoms with Gasteiger partial charge >= 0.3 is 0 Å². The molecule has 4 rings (SSSR count). The first-order valence-electron chi connectivity index (χ1n) is 10.3. The van der Waals surface area contributed by atoms with Gasteiger partial charge in [0, 0.05) is 24.2 Å². The maximum Gasteiger partial charge on any atom is 0.261 e. The molecule has 0 fully saturated rings. The van der Waals surface area contributed by atoms with Gasteiger partial charge in [0.1, 0.15) is 17.0 Å². The highest BCUT2D eigenvalue weighted by molar-refractivity contribution is 7.92. The van der Waals surface area contributed by atoms with Crippen LogP contribution in [0.1, 0.15) is 29.4 Å². The monoisotopic (exact) mass is 475 g/mol. The highest BCUT2D eigenvalue weighted by Gasteiger charge is 2.23. The van der Waals surface area contributed by atoms with Crippen molar-refractivity contribution in [3.63, 3.8) is 0 Å². The summed E-state index contributed by atoms with van der Waals surface area (Å²) in [4.78, 5) is 22.4. The van der Waals surface area contributed by atoms with E-state index in [1.807, 2.05) is 10.8 Å². The predicted octanol–water partition coefficient (Wildman–Crippen LogP) is 3.57. The lowest BCUT2D eigenvalue weighted by Gasteiger charge is -2.21. The van der Waals surface area contributed by atoms with Gasteiger partial charge in [-0.3, -0.25) is 9.52 Å². The normalized spacial score (nSPS) is 14.8. The van der Waals surface area contributed by atoms with Gasteiger partial charge < -0.3 is 15.2 Å². The van der Waals surface area contributed by atoms with Gasteiger partial charge in [0.05, 0.1) is 23.3 Å². The van der Waals surface area contributed by atoms with Gasteiger partial charge in [0.25, 0.3) is 5.91 Å². The van der Waals surface area contributed by atoms with Crippen LogP contribution in [-0.2, 0) is 10.0 Å². The molecule has 0 atom stereocenters. The molecule has 174 valence electrons. The molecule has 2 aromatic heterocycles. The van der Waals surface area contributed by atoms with Crippen LogP contribution < -0.4 is 10.0 Å². The molecular weight excluding hydrogens is 452 g/mol. The summed E-state index contributed by atoms with van der Waals surface area (Å²) >= 11 is 0. The van der Waals surface area contributed by atoms with Crippen molar-refractivity contribution in [2.45, 2.75) is 13.3 Å². The lowest BCUT2D eigenvalue weighted by Crippen LogP contribution is -2.23. The Hall–Kier alpha value is -3.31. The van der Waals surface area contributed by atoms with Crippen LogP contribution in [0.25, 0.3) is 16.6 Å². The van der Waals surface area contributed by atoms with Crippen molar-refractivity contribution in [1.82, 2.24) is 14.9 Å². The summed E-state index contributed by atoms with van der Waals surface area (Å²) in [6.07, 6.45) is 4.41. The topological polar surface area (TPSA) is 107 Å². The Kier molecular flexibility index (Phi) is 6.17. The van der Waals surface area contributed by atoms with Crippen LogP contribution in [0, 0.1) is 11.6 Å². The minimum Gasteiger partial charge on any atom is -0.339 e. The average Bonchev–Trinajstić information content (AvgIpc) is 3.19. The molecule has 0 unspecified atom stereocenters. The number of aromatic nitrogens is 2. The van der Waals surface area contributed by atoms with Crippen molar-refractivity contribution in [2.24, 2.45) is 0 Å². The molecule has 3 aromatic rings. The molecular formula is C22H23F2N5O3S. The fourth-order valence-corrected chi connectivity index (χ4v) is 4.18. The molecule has 0 aliphatic carbocycles. The first-order valence-corrected chi connectivity index (χ1v) is 12.0. The van der Waals surface area contributed by atoms with E-state index in [0.29, 0.717) is 5.65 Å². The van der Waals surface area contributed by atoms with Crippen LogP contribution in [0.2, 0.25) is 0 Å². The molecule has 8 nitrogen and oxygen atoms in total. The summed E-state index contributed by atoms with van der Waals surface area (Å²) in [7, 11) is -1.76. The van der Waals surface area contributed by atoms with E-state index in [1.165, 1.54) is 18.7 Å². The van der Waals surface area contributed by atoms with Crippen molar-refractivity contribution in [3.05, 3.63) is 59.4 Å². The van der Waals surface area contributed by atoms with Crippen molar-refractivity contribution >= 4 is 43.9 Å². The van der Waals surface area contributed by atoms with Crippen LogP contribution in [0.5, 0.6) is 0 Å². The lowest BCUT2D eigenvalue weighted by molar-refractivity contribution is 0.101. The first-order chi connectivity index (χ1) is 15.7. The SMILES string of the molecule is CCS(=O)(=O)Nc1ccc(F)c(C(=O)Nc2cnc3[nH]c(C4=CCN(C)CC4)cc3c2)c1F. The standard InChI is InChI=1S/C22H23F2N5O3S/c1-3-33(31,32)28-17-5-4-16(23)19(20(17)24)22(30)26-15-10-14-11-18(27-21(14)25-12-15)13-6-8-29(2)9-7-13/h4-6,10-12,28H,3,7-9H2,1-2H3,(H,25,27)(H,26,30). The number of H-pyrrole nitrogens is 1. The van der Waals surface area contributed by atoms with E-state index in [1.54, 1.807) is 6.07 Å². The van der Waals surface area contributed by atoms with E-state index in [0.717, 1.165) is 42.7 Å². The van der Waals surface area contributed by atoms with Crippen molar-refractivity contribution in [2.75, 3.05) is 35.9 Å². The van der Waals surface area contributed by atoms with Crippen molar-refractivity contribution in [3.8, 4) is 0 Å². The number of benzene rings is 1. The molecule has 3 heterocycles. The fraction of sp³-hybridized carbons (Fsp3) is 0.273. The number of pyridine rings is 1. The Morgan fingerprint density at radius 1 is 1.27 bits per heavy atom. The van der Waals surface area contributed by atoms with Crippen LogP contribution in [0.4, 0.5) is 20.2 Å². The van der Waals surface area contributed by atoms with Crippen LogP contribution in [-0.4, -0.2) is 55.1 Å². The summed E-state index contributed by atoms with van der Waals surface area (Å²) in [6, 6.07) is 5.33. The Balaban J connectivity index is 1.59. The molecule has 11 heteroatoms. The second-order valence-electron chi connectivity index (χ2n) is 7.83. The number of rotatable bonds is 6. The minimum absolute atomic E-state index is 0.244. The average molecular weight is 476 g/mol. The summed E-state index contributed by atoms with van der Waals surface area (Å²) in [6.45, 7) is 3.17. The molecule has 1 aliphatic rings. The summed E-state index contributed by atoms with van der Waals surface area (Å²) in [5.74, 6) is -3.77. The summed E-state index contributed by atoms with van der Waals surface area (Å²) < 4.78 is 54.6. The number of fused-ring (bicyclic) bond motifs is 1. The Morgan fingerprint density at radius 2 is 2.06 bits per heavy atom. The molecule has 0 radical (unpaired) electrons. The largest absolute Gasteiger partial charge is 0.339 e. The van der Waals surface area contributed by atoms with Crippen LogP contribution in [0.3, 0.4) is 0 Å². The molecule has 3 N–H and O–H groups in total. The maximum absolute atomic E-state index is 14.8. The number of hydrogen-bond donors (Lipinski definition) is 3. The minimum atomic E-state index is -3.81. The number of carbonyl (C=O) groups is 1. The van der Waals surface area contributed by atoms with E-state index in [2.05, 4.69) is 33.3 Å². The third kappa shape index (κ3) is 4.88. The molecule has 1 aromatic carbocycles. The lowest BCUT2D eigenvalue weighted by atomic mass is 10.1. The Morgan fingerprint density at radius 3 is 2.76 bits per heavy atom. The number of carbonyl (C=O) groups excluding carboxylic acids is 1. The number of aromatic amines is 1. The second-order valence-corrected chi connectivity index (χ2v) is 9.84. The highest BCUT2D eigenvalue weighted by atomic mass is 32.2. The number of halogens is 2. The fourth-order valence-electron chi connectivity index (χ4n) is 3.54. The van der Waals surface area contributed by atoms with Crippen molar-refractivity contribution in [1.29, 1.82) is 0 Å². The first kappa shape index (κ1) is 22.9. The molecule has 1 aliphatic heterocycles. The molecule has 0 saturated heterocycles. The molecule has 1 amide bonds. The number of likely N-dealkylation sites (N-methyl/N-ethyl adjacent to an activating group) is 1. The molecule has 0 saturated carbocycles. The predicted molar refractivity (Wildman–Crippen MR) is 124 cm³/mol. The van der Waals surface area contributed by atoms with E-state index >= 15 is 0 Å². The third-order valence-electron chi connectivity index (χ3n) is 5.45. The van der Waals surface area contributed by atoms with E-state index in [4.69, 9.17) is 0 Å². The van der Waals surface area contributed by atoms with Gasteiger partial charge in [-0.05, 0) is 50.2 Å². The quantitative estimate of drug-likeness (QED) is 0.505. The zero-order valence-corrected chi connectivity index (χ0v) is 18.9. The van der Waals surface area contributed by atoms with Crippen LogP contribution >= 0.6 is 0 Å². The molecule has 33 heavy (non-hydrogen) atoms. The van der Waals surface area contributed by atoms with Gasteiger partial charge in [0.2, 0.25) is 10.0 Å². The molecule has 0 bridgehead atoms. The number of nitrogens with zero attached hydrogens (tertiary/aromatic N) is 2. The second kappa shape index (κ2) is 8.91. The van der Waals surface area contributed by atoms with E-state index in [9.17, 15) is 22.0 Å². The zero-order valence-electron chi connectivity index (χ0n) is 18.1. The van der Waals surface area contributed by atoms with Crippen molar-refractivity contribution < 1.29 is 22.0 Å². The Labute approximate surface area is 189 Å². The zero-order chi connectivity index (χ0) is 23.8.